The van der Waals surface area contributed by atoms with Gasteiger partial charge in [0.15, 0.2) is 0 Å². The maximum Gasteiger partial charge on any atom is 0.144 e. The van der Waals surface area contributed by atoms with Gasteiger partial charge in [-0.15, -0.1) is 0 Å². The molecule has 0 bridgehead atoms. The third kappa shape index (κ3) is 4.63. The lowest BCUT2D eigenvalue weighted by Gasteiger charge is -2.12. The molecule has 0 unspecified atom stereocenters. The van der Waals surface area contributed by atoms with Gasteiger partial charge < -0.3 is 8.98 Å². The minimum absolute atomic E-state index is 0.0439. The van der Waals surface area contributed by atoms with Crippen molar-refractivity contribution in [3.8, 4) is 50.5 Å². The second-order valence-electron chi connectivity index (χ2n) is 11.9. The minimum atomic E-state index is -0.703. The Kier molecular flexibility index (Phi) is 4.30. The van der Waals surface area contributed by atoms with E-state index in [-0.39, 0.29) is 33.4 Å². The van der Waals surface area contributed by atoms with Crippen molar-refractivity contribution >= 4 is 43.7 Å². The van der Waals surface area contributed by atoms with E-state index in [1.54, 1.807) is 12.1 Å². The summed E-state index contributed by atoms with van der Waals surface area (Å²) in [6.45, 7) is 0. The maximum absolute atomic E-state index is 9.86. The van der Waals surface area contributed by atoms with Gasteiger partial charge in [0.2, 0.25) is 0 Å². The Bertz CT molecular complexity index is 3520. The van der Waals surface area contributed by atoms with Gasteiger partial charge in [-0.3, -0.25) is 0 Å². The average molecular weight is 651 g/mol. The highest BCUT2D eigenvalue weighted by atomic mass is 16.3. The molecule has 3 aromatic heterocycles. The number of fused-ring (bicyclic) bond motifs is 6. The summed E-state index contributed by atoms with van der Waals surface area (Å²) in [5, 5.41) is 1.41. The lowest BCUT2D eigenvalue weighted by molar-refractivity contribution is 0.670. The molecule has 0 spiro atoms. The molecular weight excluding hydrogens is 609 g/mol. The molecule has 234 valence electrons. The maximum atomic E-state index is 9.86. The van der Waals surface area contributed by atoms with Gasteiger partial charge in [0, 0.05) is 38.4 Å². The summed E-state index contributed by atoms with van der Waals surface area (Å²) >= 11 is 0. The van der Waals surface area contributed by atoms with Crippen LogP contribution >= 0.6 is 0 Å². The lowest BCUT2D eigenvalue weighted by Crippen LogP contribution is -1.93. The third-order valence-corrected chi connectivity index (χ3v) is 8.95. The van der Waals surface area contributed by atoms with E-state index in [0.717, 1.165) is 26.5 Å². The first-order valence-electron chi connectivity index (χ1n) is 22.0. The van der Waals surface area contributed by atoms with Gasteiger partial charge in [0.25, 0.3) is 0 Å². The van der Waals surface area contributed by atoms with Crippen LogP contribution in [0.1, 0.15) is 16.4 Å². The van der Waals surface area contributed by atoms with Crippen LogP contribution in [0.5, 0.6) is 0 Å². The fourth-order valence-electron chi connectivity index (χ4n) is 6.61. The molecule has 3 heteroatoms. The fourth-order valence-corrected chi connectivity index (χ4v) is 6.61. The van der Waals surface area contributed by atoms with Crippen LogP contribution in [0.25, 0.3) is 94.2 Å². The Morgan fingerprint density at radius 1 is 0.480 bits per heavy atom. The van der Waals surface area contributed by atoms with Crippen LogP contribution < -0.4 is 0 Å². The zero-order valence-corrected chi connectivity index (χ0v) is 26.2. The predicted octanol–water partition coefficient (Wildman–Crippen LogP) is 12.7. The van der Waals surface area contributed by atoms with Crippen molar-refractivity contribution in [1.29, 1.82) is 0 Å². The molecule has 0 atom stereocenters. The van der Waals surface area contributed by atoms with E-state index in [9.17, 15) is 4.11 Å². The van der Waals surface area contributed by atoms with Crippen LogP contribution in [-0.2, 0) is 0 Å². The molecule has 0 amide bonds. The first-order chi connectivity index (χ1) is 29.8. The smallest absolute Gasteiger partial charge is 0.144 e. The van der Waals surface area contributed by atoms with Crippen molar-refractivity contribution in [2.24, 2.45) is 0 Å². The fraction of sp³-hybridized carbons (Fsp3) is 0. The second-order valence-corrected chi connectivity index (χ2v) is 11.9. The van der Waals surface area contributed by atoms with Crippen LogP contribution in [0.3, 0.4) is 0 Å². The molecule has 0 aliphatic carbocycles. The van der Waals surface area contributed by atoms with Crippen molar-refractivity contribution in [2.45, 2.75) is 0 Å². The first-order valence-corrected chi connectivity index (χ1v) is 16.0. The van der Waals surface area contributed by atoms with E-state index in [2.05, 4.69) is 0 Å². The normalized spacial score (nSPS) is 15.0. The van der Waals surface area contributed by atoms with Gasteiger partial charge in [-0.25, -0.2) is 4.98 Å². The van der Waals surface area contributed by atoms with Gasteiger partial charge in [-0.2, -0.15) is 0 Å². The molecule has 3 nitrogen and oxygen atoms in total. The minimum Gasteiger partial charge on any atom is -0.455 e. The quantitative estimate of drug-likeness (QED) is 0.186. The van der Waals surface area contributed by atoms with E-state index in [0.29, 0.717) is 39.2 Å². The zero-order valence-electron chi connectivity index (χ0n) is 38.2. The van der Waals surface area contributed by atoms with Gasteiger partial charge in [0.1, 0.15) is 11.2 Å². The molecule has 0 fully saturated rings. The van der Waals surface area contributed by atoms with Crippen molar-refractivity contribution in [3.05, 3.63) is 182 Å². The lowest BCUT2D eigenvalue weighted by atomic mass is 9.97. The summed E-state index contributed by atoms with van der Waals surface area (Å²) in [6, 6.07) is 27.2. The molecule has 10 rings (SSSR count). The molecule has 0 N–H and O–H groups in total. The second kappa shape index (κ2) is 11.5. The first kappa shape index (κ1) is 18.7. The highest BCUT2D eigenvalue weighted by Crippen LogP contribution is 2.40. The van der Waals surface area contributed by atoms with Crippen LogP contribution in [-0.4, -0.2) is 9.55 Å². The van der Waals surface area contributed by atoms with Crippen LogP contribution in [0, 0.1) is 0 Å². The number of para-hydroxylation sites is 4. The summed E-state index contributed by atoms with van der Waals surface area (Å²) in [5.74, 6) is 0. The predicted molar refractivity (Wildman–Crippen MR) is 208 cm³/mol. The molecule has 3 heterocycles. The standard InChI is InChI=1S/C47H30N2O/c1-3-12-31(13-4-1)32-22-24-33(25-23-32)42-29-35(30-43(48-42)40-19-11-18-39-38-17-8-10-21-46(38)50-47(39)40)34-26-27-45-41(28-34)37-16-7-9-20-44(37)49(45)36-14-5-2-6-15-36/h1-30H/i2D,5D,6D,7D,9D,14D,15D,16D,20D,26D,27D,28D. The Balaban J connectivity index is 1.31. The van der Waals surface area contributed by atoms with Crippen molar-refractivity contribution < 1.29 is 20.9 Å². The average Bonchev–Trinajstić information content (AvgIpc) is 3.86. The summed E-state index contributed by atoms with van der Waals surface area (Å²) in [5.41, 5.74) is 4.69. The summed E-state index contributed by atoms with van der Waals surface area (Å²) in [6.07, 6.45) is 0. The highest BCUT2D eigenvalue weighted by Gasteiger charge is 2.17. The number of aromatic nitrogens is 2. The zero-order chi connectivity index (χ0) is 43.5. The van der Waals surface area contributed by atoms with Crippen LogP contribution in [0.15, 0.2) is 186 Å². The number of rotatable bonds is 5. The number of hydrogen-bond acceptors (Lipinski definition) is 2. The summed E-state index contributed by atoms with van der Waals surface area (Å²) in [7, 11) is 0. The molecule has 50 heavy (non-hydrogen) atoms. The molecule has 7 aromatic carbocycles. The molecule has 0 saturated heterocycles. The van der Waals surface area contributed by atoms with Gasteiger partial charge >= 0.3 is 0 Å². The van der Waals surface area contributed by atoms with E-state index < -0.39 is 72.2 Å². The molecule has 0 aliphatic rings. The van der Waals surface area contributed by atoms with E-state index in [4.69, 9.17) is 21.7 Å². The molecular formula is C47H30N2O. The number of pyridine rings is 1. The molecule has 0 aliphatic heterocycles. The largest absolute Gasteiger partial charge is 0.455 e. The Morgan fingerprint density at radius 2 is 1.18 bits per heavy atom. The van der Waals surface area contributed by atoms with Crippen LogP contribution in [0.2, 0.25) is 0 Å². The van der Waals surface area contributed by atoms with Gasteiger partial charge in [-0.05, 0) is 76.7 Å². The Hall–Kier alpha value is -6.71. The number of nitrogens with zero attached hydrogens (tertiary/aromatic N) is 2. The summed E-state index contributed by atoms with van der Waals surface area (Å²) in [4.78, 5) is 5.12. The molecule has 0 radical (unpaired) electrons. The van der Waals surface area contributed by atoms with Crippen LogP contribution in [0.4, 0.5) is 0 Å². The number of hydrogen-bond donors (Lipinski definition) is 0. The SMILES string of the molecule is [2H]c1c([2H])c([2H])c(-n2c3c([2H])c([2H])c([2H])c([2H])c3c3c([2H])c(-c4cc(-c5ccc(-c6ccccc6)cc5)nc(-c5cccc6c5oc5ccccc56)c4)c([2H])c([2H])c32)c([2H])c1[2H]. The molecule has 0 saturated carbocycles. The van der Waals surface area contributed by atoms with E-state index in [1.807, 2.05) is 97.1 Å². The van der Waals surface area contributed by atoms with Crippen molar-refractivity contribution in [2.75, 3.05) is 0 Å². The van der Waals surface area contributed by atoms with E-state index in [1.165, 1.54) is 0 Å². The van der Waals surface area contributed by atoms with Gasteiger partial charge in [-0.1, -0.05) is 127 Å². The Morgan fingerprint density at radius 3 is 2.06 bits per heavy atom. The van der Waals surface area contributed by atoms with Gasteiger partial charge in [0.05, 0.1) is 38.9 Å². The number of benzene rings is 7. The van der Waals surface area contributed by atoms with Crippen molar-refractivity contribution in [3.63, 3.8) is 0 Å². The van der Waals surface area contributed by atoms with E-state index >= 15 is 0 Å². The monoisotopic (exact) mass is 650 g/mol. The highest BCUT2D eigenvalue weighted by molar-refractivity contribution is 6.11. The third-order valence-electron chi connectivity index (χ3n) is 8.95. The topological polar surface area (TPSA) is 31.0 Å². The summed E-state index contributed by atoms with van der Waals surface area (Å²) < 4.78 is 114. The molecule has 10 aromatic rings. The van der Waals surface area contributed by atoms with Crippen molar-refractivity contribution in [1.82, 2.24) is 9.55 Å². The number of furan rings is 1. The Labute approximate surface area is 306 Å².